The van der Waals surface area contributed by atoms with E-state index in [1.165, 1.54) is 12.8 Å². The maximum absolute atomic E-state index is 5.83. The van der Waals surface area contributed by atoms with Crippen LogP contribution in [0.1, 0.15) is 39.5 Å². The van der Waals surface area contributed by atoms with Gasteiger partial charge in [-0.25, -0.2) is 0 Å². The van der Waals surface area contributed by atoms with E-state index in [-0.39, 0.29) is 11.8 Å². The Morgan fingerprint density at radius 3 is 2.77 bits per heavy atom. The standard InChI is InChI=1S/C10H21NO2/c1-10(2,11)6-8-13-9-5-3-4-7-12-9/h9H,3-8,11H2,1-2H3. The van der Waals surface area contributed by atoms with Gasteiger partial charge in [0.25, 0.3) is 0 Å². The Morgan fingerprint density at radius 1 is 1.46 bits per heavy atom. The van der Waals surface area contributed by atoms with Gasteiger partial charge in [0.15, 0.2) is 6.29 Å². The minimum absolute atomic E-state index is 0.0242. The Hall–Kier alpha value is -0.120. The highest BCUT2D eigenvalue weighted by Crippen LogP contribution is 2.14. The fraction of sp³-hybridized carbons (Fsp3) is 1.00. The molecule has 0 bridgehead atoms. The number of hydrogen-bond acceptors (Lipinski definition) is 3. The van der Waals surface area contributed by atoms with Gasteiger partial charge in [-0.1, -0.05) is 0 Å². The molecule has 1 atom stereocenters. The van der Waals surface area contributed by atoms with Crippen LogP contribution < -0.4 is 5.73 Å². The van der Waals surface area contributed by atoms with E-state index in [9.17, 15) is 0 Å². The van der Waals surface area contributed by atoms with Crippen LogP contribution >= 0.6 is 0 Å². The fourth-order valence-electron chi connectivity index (χ4n) is 1.30. The second kappa shape index (κ2) is 4.94. The van der Waals surface area contributed by atoms with Crippen molar-refractivity contribution < 1.29 is 9.47 Å². The Labute approximate surface area is 80.6 Å². The van der Waals surface area contributed by atoms with Gasteiger partial charge in [-0.3, -0.25) is 0 Å². The third-order valence-corrected chi connectivity index (χ3v) is 2.19. The summed E-state index contributed by atoms with van der Waals surface area (Å²) in [4.78, 5) is 0. The minimum Gasteiger partial charge on any atom is -0.353 e. The highest BCUT2D eigenvalue weighted by atomic mass is 16.7. The SMILES string of the molecule is CC(C)(N)CCOC1CCCCO1. The lowest BCUT2D eigenvalue weighted by Crippen LogP contribution is -2.34. The highest BCUT2D eigenvalue weighted by Gasteiger charge is 2.16. The first kappa shape index (κ1) is 11.0. The molecule has 0 saturated carbocycles. The van der Waals surface area contributed by atoms with E-state index in [2.05, 4.69) is 0 Å². The van der Waals surface area contributed by atoms with E-state index in [1.807, 2.05) is 13.8 Å². The van der Waals surface area contributed by atoms with Crippen LogP contribution in [-0.4, -0.2) is 25.0 Å². The van der Waals surface area contributed by atoms with Gasteiger partial charge < -0.3 is 15.2 Å². The Kier molecular flexibility index (Phi) is 4.16. The summed E-state index contributed by atoms with van der Waals surface area (Å²) in [6.45, 7) is 5.57. The predicted molar refractivity (Wildman–Crippen MR) is 52.4 cm³/mol. The van der Waals surface area contributed by atoms with Gasteiger partial charge in [-0.15, -0.1) is 0 Å². The zero-order valence-corrected chi connectivity index (χ0v) is 8.71. The van der Waals surface area contributed by atoms with E-state index < -0.39 is 0 Å². The molecule has 1 aliphatic rings. The molecule has 1 heterocycles. The average Bonchev–Trinajstić information content (AvgIpc) is 2.04. The molecule has 0 aromatic rings. The van der Waals surface area contributed by atoms with Crippen molar-refractivity contribution in [3.8, 4) is 0 Å². The zero-order chi connectivity index (χ0) is 9.73. The molecular weight excluding hydrogens is 166 g/mol. The molecule has 1 saturated heterocycles. The van der Waals surface area contributed by atoms with Crippen LogP contribution in [0.2, 0.25) is 0 Å². The molecule has 1 rings (SSSR count). The molecule has 0 aliphatic carbocycles. The zero-order valence-electron chi connectivity index (χ0n) is 8.71. The lowest BCUT2D eigenvalue weighted by molar-refractivity contribution is -0.164. The predicted octanol–water partition coefficient (Wildman–Crippen LogP) is 1.66. The van der Waals surface area contributed by atoms with Gasteiger partial charge in [0, 0.05) is 12.1 Å². The van der Waals surface area contributed by atoms with Crippen molar-refractivity contribution in [2.45, 2.75) is 51.4 Å². The molecule has 0 amide bonds. The molecule has 1 fully saturated rings. The largest absolute Gasteiger partial charge is 0.353 e. The van der Waals surface area contributed by atoms with Crippen LogP contribution in [0.15, 0.2) is 0 Å². The smallest absolute Gasteiger partial charge is 0.157 e. The second-order valence-electron chi connectivity index (χ2n) is 4.41. The first-order valence-corrected chi connectivity index (χ1v) is 5.10. The lowest BCUT2D eigenvalue weighted by Gasteiger charge is -2.25. The van der Waals surface area contributed by atoms with Crippen LogP contribution in [-0.2, 0) is 9.47 Å². The van der Waals surface area contributed by atoms with Crippen LogP contribution in [0.3, 0.4) is 0 Å². The molecule has 2 N–H and O–H groups in total. The van der Waals surface area contributed by atoms with E-state index in [1.54, 1.807) is 0 Å². The lowest BCUT2D eigenvalue weighted by atomic mass is 10.0. The molecule has 3 nitrogen and oxygen atoms in total. The number of nitrogens with two attached hydrogens (primary N) is 1. The van der Waals surface area contributed by atoms with E-state index in [0.717, 1.165) is 19.4 Å². The first-order chi connectivity index (χ1) is 6.08. The van der Waals surface area contributed by atoms with Crippen LogP contribution in [0.4, 0.5) is 0 Å². The Balaban J connectivity index is 2.04. The Bertz CT molecular complexity index is 136. The van der Waals surface area contributed by atoms with Crippen molar-refractivity contribution in [3.63, 3.8) is 0 Å². The van der Waals surface area contributed by atoms with Crippen molar-refractivity contribution in [2.75, 3.05) is 13.2 Å². The van der Waals surface area contributed by atoms with Gasteiger partial charge in [-0.05, 0) is 39.5 Å². The maximum Gasteiger partial charge on any atom is 0.157 e. The summed E-state index contributed by atoms with van der Waals surface area (Å²) in [5.41, 5.74) is 5.70. The Morgan fingerprint density at radius 2 is 2.23 bits per heavy atom. The molecule has 0 aromatic carbocycles. The molecular formula is C10H21NO2. The number of hydrogen-bond donors (Lipinski definition) is 1. The maximum atomic E-state index is 5.83. The summed E-state index contributed by atoms with van der Waals surface area (Å²) in [5.74, 6) is 0. The molecule has 1 aliphatic heterocycles. The summed E-state index contributed by atoms with van der Waals surface area (Å²) >= 11 is 0. The molecule has 3 heteroatoms. The van der Waals surface area contributed by atoms with E-state index in [4.69, 9.17) is 15.2 Å². The quantitative estimate of drug-likeness (QED) is 0.728. The number of rotatable bonds is 4. The number of ether oxygens (including phenoxy) is 2. The summed E-state index contributed by atoms with van der Waals surface area (Å²) in [5, 5.41) is 0. The van der Waals surface area contributed by atoms with Gasteiger partial charge in [0.2, 0.25) is 0 Å². The van der Waals surface area contributed by atoms with Gasteiger partial charge >= 0.3 is 0 Å². The second-order valence-corrected chi connectivity index (χ2v) is 4.41. The monoisotopic (exact) mass is 187 g/mol. The minimum atomic E-state index is -0.130. The van der Waals surface area contributed by atoms with Gasteiger partial charge in [0.05, 0.1) is 6.61 Å². The average molecular weight is 187 g/mol. The molecule has 0 aromatic heterocycles. The van der Waals surface area contributed by atoms with Crippen molar-refractivity contribution >= 4 is 0 Å². The molecule has 0 radical (unpaired) electrons. The molecule has 1 unspecified atom stereocenters. The highest BCUT2D eigenvalue weighted by molar-refractivity contribution is 4.70. The normalized spacial score (nSPS) is 24.7. The van der Waals surface area contributed by atoms with Crippen LogP contribution in [0.25, 0.3) is 0 Å². The molecule has 13 heavy (non-hydrogen) atoms. The fourth-order valence-corrected chi connectivity index (χ4v) is 1.30. The topological polar surface area (TPSA) is 44.5 Å². The van der Waals surface area contributed by atoms with E-state index >= 15 is 0 Å². The third kappa shape index (κ3) is 5.24. The van der Waals surface area contributed by atoms with E-state index in [0.29, 0.717) is 6.61 Å². The first-order valence-electron chi connectivity index (χ1n) is 5.10. The van der Waals surface area contributed by atoms with Crippen LogP contribution in [0.5, 0.6) is 0 Å². The van der Waals surface area contributed by atoms with Gasteiger partial charge in [-0.2, -0.15) is 0 Å². The van der Waals surface area contributed by atoms with Crippen LogP contribution in [0, 0.1) is 0 Å². The molecule has 78 valence electrons. The van der Waals surface area contributed by atoms with Crippen molar-refractivity contribution in [1.29, 1.82) is 0 Å². The summed E-state index contributed by atoms with van der Waals surface area (Å²) < 4.78 is 11.0. The third-order valence-electron chi connectivity index (χ3n) is 2.19. The summed E-state index contributed by atoms with van der Waals surface area (Å²) in [6, 6.07) is 0. The molecule has 0 spiro atoms. The summed E-state index contributed by atoms with van der Waals surface area (Å²) in [6.07, 6.45) is 4.33. The van der Waals surface area contributed by atoms with Crippen molar-refractivity contribution in [2.24, 2.45) is 5.73 Å². The van der Waals surface area contributed by atoms with Crippen molar-refractivity contribution in [3.05, 3.63) is 0 Å². The van der Waals surface area contributed by atoms with Crippen molar-refractivity contribution in [1.82, 2.24) is 0 Å². The van der Waals surface area contributed by atoms with Gasteiger partial charge in [0.1, 0.15) is 0 Å². The summed E-state index contributed by atoms with van der Waals surface area (Å²) in [7, 11) is 0.